The van der Waals surface area contributed by atoms with E-state index in [1.807, 2.05) is 18.2 Å². The normalized spacial score (nSPS) is 20.7. The van der Waals surface area contributed by atoms with Gasteiger partial charge in [0.2, 0.25) is 11.8 Å². The Morgan fingerprint density at radius 3 is 2.67 bits per heavy atom. The Kier molecular flexibility index (Phi) is 4.96. The van der Waals surface area contributed by atoms with Crippen LogP contribution >= 0.6 is 0 Å². The van der Waals surface area contributed by atoms with Crippen LogP contribution in [0.3, 0.4) is 0 Å². The molecular weight excluding hydrogens is 266 g/mol. The number of hydrogen-bond acceptors (Lipinski definition) is 3. The number of benzene rings is 1. The lowest BCUT2D eigenvalue weighted by Crippen LogP contribution is -2.52. The summed E-state index contributed by atoms with van der Waals surface area (Å²) in [4.78, 5) is 24.0. The van der Waals surface area contributed by atoms with Crippen molar-refractivity contribution in [2.45, 2.75) is 31.7 Å². The van der Waals surface area contributed by atoms with Crippen LogP contribution in [0.25, 0.3) is 0 Å². The first-order valence-electron chi connectivity index (χ1n) is 7.39. The predicted octanol–water partition coefficient (Wildman–Crippen LogP) is 0.893. The second-order valence-corrected chi connectivity index (χ2v) is 5.80. The summed E-state index contributed by atoms with van der Waals surface area (Å²) >= 11 is 0. The minimum atomic E-state index is -1.16. The van der Waals surface area contributed by atoms with Gasteiger partial charge in [0.15, 0.2) is 0 Å². The van der Waals surface area contributed by atoms with E-state index in [0.717, 1.165) is 25.9 Å². The number of carbonyl (C=O) groups is 2. The summed E-state index contributed by atoms with van der Waals surface area (Å²) in [6.45, 7) is 3.65. The summed E-state index contributed by atoms with van der Waals surface area (Å²) in [5, 5.41) is 6.08. The molecule has 0 aromatic heterocycles. The Balaban J connectivity index is 1.99. The van der Waals surface area contributed by atoms with Crippen molar-refractivity contribution in [1.29, 1.82) is 0 Å². The third kappa shape index (κ3) is 3.82. The van der Waals surface area contributed by atoms with Gasteiger partial charge >= 0.3 is 0 Å². The van der Waals surface area contributed by atoms with E-state index in [2.05, 4.69) is 10.6 Å². The summed E-state index contributed by atoms with van der Waals surface area (Å²) in [6, 6.07) is 9.11. The molecule has 21 heavy (non-hydrogen) atoms. The molecule has 5 heteroatoms. The van der Waals surface area contributed by atoms with Crippen LogP contribution < -0.4 is 16.4 Å². The van der Waals surface area contributed by atoms with E-state index in [1.54, 1.807) is 19.1 Å². The smallest absolute Gasteiger partial charge is 0.247 e. The fourth-order valence-corrected chi connectivity index (χ4v) is 2.68. The Labute approximate surface area is 125 Å². The molecule has 1 heterocycles. The van der Waals surface area contributed by atoms with E-state index in [4.69, 9.17) is 5.73 Å². The number of carbonyl (C=O) groups excluding carboxylic acids is 2. The highest BCUT2D eigenvalue weighted by atomic mass is 16.2. The first kappa shape index (κ1) is 15.5. The molecule has 2 atom stereocenters. The van der Waals surface area contributed by atoms with Crippen molar-refractivity contribution in [3.05, 3.63) is 35.9 Å². The molecule has 0 spiro atoms. The van der Waals surface area contributed by atoms with Crippen LogP contribution in [0.15, 0.2) is 30.3 Å². The van der Waals surface area contributed by atoms with E-state index in [9.17, 15) is 9.59 Å². The van der Waals surface area contributed by atoms with Crippen LogP contribution in [0.1, 0.15) is 31.7 Å². The molecule has 2 unspecified atom stereocenters. The minimum Gasteiger partial charge on any atom is -0.367 e. The lowest BCUT2D eigenvalue weighted by atomic mass is 9.90. The van der Waals surface area contributed by atoms with Crippen LogP contribution in [0.2, 0.25) is 0 Å². The summed E-state index contributed by atoms with van der Waals surface area (Å²) < 4.78 is 0. The van der Waals surface area contributed by atoms with Gasteiger partial charge in [-0.05, 0) is 44.3 Å². The molecule has 4 N–H and O–H groups in total. The standard InChI is InChI=1S/C16H23N3O2/c1-16(15(17)21,13-5-3-2-4-6-13)19-14(20)8-7-12-9-10-18-11-12/h2-6,12,18H,7-11H2,1H3,(H2,17,21)(H,19,20). The van der Waals surface area contributed by atoms with E-state index < -0.39 is 11.4 Å². The summed E-state index contributed by atoms with van der Waals surface area (Å²) in [7, 11) is 0. The number of amides is 2. The molecule has 1 aromatic carbocycles. The highest BCUT2D eigenvalue weighted by molar-refractivity contribution is 5.91. The number of primary amides is 1. The van der Waals surface area contributed by atoms with Gasteiger partial charge in [-0.1, -0.05) is 30.3 Å². The van der Waals surface area contributed by atoms with Crippen LogP contribution in [0, 0.1) is 5.92 Å². The summed E-state index contributed by atoms with van der Waals surface area (Å²) in [5.74, 6) is -0.135. The van der Waals surface area contributed by atoms with E-state index in [-0.39, 0.29) is 5.91 Å². The molecule has 0 aliphatic carbocycles. The Bertz CT molecular complexity index is 498. The second kappa shape index (κ2) is 6.72. The highest BCUT2D eigenvalue weighted by Gasteiger charge is 2.34. The van der Waals surface area contributed by atoms with Crippen molar-refractivity contribution in [2.75, 3.05) is 13.1 Å². The highest BCUT2D eigenvalue weighted by Crippen LogP contribution is 2.21. The van der Waals surface area contributed by atoms with Gasteiger partial charge in [0.1, 0.15) is 5.54 Å². The minimum absolute atomic E-state index is 0.132. The van der Waals surface area contributed by atoms with Crippen molar-refractivity contribution in [3.8, 4) is 0 Å². The van der Waals surface area contributed by atoms with Gasteiger partial charge in [-0.15, -0.1) is 0 Å². The molecular formula is C16H23N3O2. The fourth-order valence-electron chi connectivity index (χ4n) is 2.68. The monoisotopic (exact) mass is 289 g/mol. The first-order chi connectivity index (χ1) is 10.0. The number of hydrogen-bond donors (Lipinski definition) is 3. The molecule has 0 radical (unpaired) electrons. The maximum Gasteiger partial charge on any atom is 0.247 e. The van der Waals surface area contributed by atoms with Crippen molar-refractivity contribution in [2.24, 2.45) is 11.7 Å². The molecule has 1 aliphatic heterocycles. The molecule has 0 bridgehead atoms. The largest absolute Gasteiger partial charge is 0.367 e. The van der Waals surface area contributed by atoms with Crippen LogP contribution in [0.4, 0.5) is 0 Å². The summed E-state index contributed by atoms with van der Waals surface area (Å²) in [6.07, 6.45) is 2.36. The van der Waals surface area contributed by atoms with Gasteiger partial charge in [-0.25, -0.2) is 0 Å². The Morgan fingerprint density at radius 2 is 2.10 bits per heavy atom. The van der Waals surface area contributed by atoms with E-state index >= 15 is 0 Å². The quantitative estimate of drug-likeness (QED) is 0.727. The third-order valence-electron chi connectivity index (χ3n) is 4.18. The van der Waals surface area contributed by atoms with Gasteiger partial charge in [0, 0.05) is 6.42 Å². The fraction of sp³-hybridized carbons (Fsp3) is 0.500. The van der Waals surface area contributed by atoms with Gasteiger partial charge in [-0.2, -0.15) is 0 Å². The van der Waals surface area contributed by atoms with Crippen LogP contribution in [-0.2, 0) is 15.1 Å². The van der Waals surface area contributed by atoms with Crippen molar-refractivity contribution < 1.29 is 9.59 Å². The zero-order chi connectivity index (χ0) is 15.3. The van der Waals surface area contributed by atoms with Gasteiger partial charge in [0.25, 0.3) is 0 Å². The maximum atomic E-state index is 12.2. The first-order valence-corrected chi connectivity index (χ1v) is 7.39. The average Bonchev–Trinajstić information content (AvgIpc) is 2.99. The zero-order valence-electron chi connectivity index (χ0n) is 12.4. The zero-order valence-corrected chi connectivity index (χ0v) is 12.4. The van der Waals surface area contributed by atoms with Gasteiger partial charge < -0.3 is 16.4 Å². The van der Waals surface area contributed by atoms with Gasteiger partial charge in [0.05, 0.1) is 0 Å². The van der Waals surface area contributed by atoms with Gasteiger partial charge in [-0.3, -0.25) is 9.59 Å². The molecule has 114 valence electrons. The molecule has 1 fully saturated rings. The van der Waals surface area contributed by atoms with Crippen molar-refractivity contribution in [1.82, 2.24) is 10.6 Å². The lowest BCUT2D eigenvalue weighted by Gasteiger charge is -2.28. The molecule has 1 aromatic rings. The van der Waals surface area contributed by atoms with Crippen LogP contribution in [0.5, 0.6) is 0 Å². The van der Waals surface area contributed by atoms with E-state index in [1.165, 1.54) is 0 Å². The number of nitrogens with one attached hydrogen (secondary N) is 2. The predicted molar refractivity (Wildman–Crippen MR) is 81.3 cm³/mol. The maximum absolute atomic E-state index is 12.2. The topological polar surface area (TPSA) is 84.2 Å². The van der Waals surface area contributed by atoms with Crippen LogP contribution in [-0.4, -0.2) is 24.9 Å². The number of nitrogens with two attached hydrogens (primary N) is 1. The molecule has 2 amide bonds. The molecule has 0 saturated carbocycles. The second-order valence-electron chi connectivity index (χ2n) is 5.80. The van der Waals surface area contributed by atoms with Crippen molar-refractivity contribution >= 4 is 11.8 Å². The van der Waals surface area contributed by atoms with E-state index in [0.29, 0.717) is 17.9 Å². The average molecular weight is 289 g/mol. The Morgan fingerprint density at radius 1 is 1.38 bits per heavy atom. The Hall–Kier alpha value is -1.88. The molecule has 1 saturated heterocycles. The summed E-state index contributed by atoms with van der Waals surface area (Å²) in [5.41, 5.74) is 5.05. The number of rotatable bonds is 6. The van der Waals surface area contributed by atoms with Crippen molar-refractivity contribution in [3.63, 3.8) is 0 Å². The molecule has 2 rings (SSSR count). The lowest BCUT2D eigenvalue weighted by molar-refractivity contribution is -0.131. The molecule has 1 aliphatic rings. The SMILES string of the molecule is CC(NC(=O)CCC1CCNC1)(C(N)=O)c1ccccc1. The molecule has 5 nitrogen and oxygen atoms in total. The third-order valence-corrected chi connectivity index (χ3v) is 4.18.